The van der Waals surface area contributed by atoms with E-state index in [0.29, 0.717) is 18.0 Å². The third kappa shape index (κ3) is 6.03. The van der Waals surface area contributed by atoms with Crippen LogP contribution in [0.25, 0.3) is 0 Å². The average Bonchev–Trinajstić information content (AvgIpc) is 2.67. The Morgan fingerprint density at radius 3 is 2.40 bits per heavy atom. The molecule has 0 saturated heterocycles. The number of para-hydroxylation sites is 3. The summed E-state index contributed by atoms with van der Waals surface area (Å²) < 4.78 is 10.7. The fourth-order valence-corrected chi connectivity index (χ4v) is 2.54. The maximum atomic E-state index is 11.9. The summed E-state index contributed by atoms with van der Waals surface area (Å²) >= 11 is 0. The SMILES string of the molecule is CCN(CCCNC(=O)COc1ccccc1OC)c1ccccc1. The lowest BCUT2D eigenvalue weighted by atomic mass is 10.2. The molecule has 2 aromatic rings. The first-order chi connectivity index (χ1) is 12.2. The van der Waals surface area contributed by atoms with E-state index in [1.807, 2.05) is 30.3 Å². The Balaban J connectivity index is 1.68. The summed E-state index contributed by atoms with van der Waals surface area (Å²) in [4.78, 5) is 14.2. The van der Waals surface area contributed by atoms with Gasteiger partial charge in [-0.15, -0.1) is 0 Å². The summed E-state index contributed by atoms with van der Waals surface area (Å²) in [5, 5.41) is 2.89. The maximum Gasteiger partial charge on any atom is 0.257 e. The Labute approximate surface area is 149 Å². The first-order valence-electron chi connectivity index (χ1n) is 8.57. The Morgan fingerprint density at radius 1 is 1.04 bits per heavy atom. The van der Waals surface area contributed by atoms with Crippen LogP contribution in [0.15, 0.2) is 54.6 Å². The molecule has 5 nitrogen and oxygen atoms in total. The molecule has 25 heavy (non-hydrogen) atoms. The van der Waals surface area contributed by atoms with Gasteiger partial charge in [-0.25, -0.2) is 0 Å². The van der Waals surface area contributed by atoms with Gasteiger partial charge >= 0.3 is 0 Å². The smallest absolute Gasteiger partial charge is 0.257 e. The van der Waals surface area contributed by atoms with E-state index in [2.05, 4.69) is 29.3 Å². The van der Waals surface area contributed by atoms with Gasteiger partial charge in [0.15, 0.2) is 18.1 Å². The van der Waals surface area contributed by atoms with Crippen LogP contribution in [-0.2, 0) is 4.79 Å². The molecule has 1 amide bonds. The van der Waals surface area contributed by atoms with E-state index in [1.165, 1.54) is 5.69 Å². The minimum Gasteiger partial charge on any atom is -0.493 e. The molecule has 0 atom stereocenters. The van der Waals surface area contributed by atoms with Gasteiger partial charge in [0.05, 0.1) is 7.11 Å². The predicted molar refractivity (Wildman–Crippen MR) is 100 cm³/mol. The molecule has 0 fully saturated rings. The van der Waals surface area contributed by atoms with Crippen molar-refractivity contribution in [2.24, 2.45) is 0 Å². The van der Waals surface area contributed by atoms with Crippen molar-refractivity contribution in [1.82, 2.24) is 5.32 Å². The lowest BCUT2D eigenvalue weighted by Gasteiger charge is -2.23. The monoisotopic (exact) mass is 342 g/mol. The summed E-state index contributed by atoms with van der Waals surface area (Å²) in [6, 6.07) is 17.6. The number of anilines is 1. The largest absolute Gasteiger partial charge is 0.493 e. The second-order valence-corrected chi connectivity index (χ2v) is 5.56. The van der Waals surface area contributed by atoms with Crippen LogP contribution in [0.5, 0.6) is 11.5 Å². The van der Waals surface area contributed by atoms with E-state index in [4.69, 9.17) is 9.47 Å². The van der Waals surface area contributed by atoms with Crippen LogP contribution in [0, 0.1) is 0 Å². The van der Waals surface area contributed by atoms with Gasteiger partial charge in [0.1, 0.15) is 0 Å². The van der Waals surface area contributed by atoms with E-state index >= 15 is 0 Å². The third-order valence-electron chi connectivity index (χ3n) is 3.86. The highest BCUT2D eigenvalue weighted by molar-refractivity contribution is 5.77. The van der Waals surface area contributed by atoms with Crippen molar-refractivity contribution in [3.8, 4) is 11.5 Å². The molecule has 134 valence electrons. The Bertz CT molecular complexity index is 646. The fourth-order valence-electron chi connectivity index (χ4n) is 2.54. The molecule has 0 aliphatic carbocycles. The number of ether oxygens (including phenoxy) is 2. The van der Waals surface area contributed by atoms with Crippen molar-refractivity contribution < 1.29 is 14.3 Å². The molecule has 0 heterocycles. The summed E-state index contributed by atoms with van der Waals surface area (Å²) in [7, 11) is 1.58. The number of rotatable bonds is 10. The zero-order chi connectivity index (χ0) is 17.9. The summed E-state index contributed by atoms with van der Waals surface area (Å²) in [6.45, 7) is 4.57. The molecule has 0 bridgehead atoms. The maximum absolute atomic E-state index is 11.9. The Hall–Kier alpha value is -2.69. The van der Waals surface area contributed by atoms with E-state index < -0.39 is 0 Å². The summed E-state index contributed by atoms with van der Waals surface area (Å²) in [6.07, 6.45) is 0.878. The molecule has 1 N–H and O–H groups in total. The van der Waals surface area contributed by atoms with Crippen LogP contribution in [0.3, 0.4) is 0 Å². The Morgan fingerprint density at radius 2 is 1.72 bits per heavy atom. The fraction of sp³-hybridized carbons (Fsp3) is 0.350. The average molecular weight is 342 g/mol. The van der Waals surface area contributed by atoms with E-state index in [9.17, 15) is 4.79 Å². The van der Waals surface area contributed by atoms with Crippen LogP contribution in [-0.4, -0.2) is 39.3 Å². The number of carbonyl (C=O) groups is 1. The van der Waals surface area contributed by atoms with Crippen molar-refractivity contribution >= 4 is 11.6 Å². The number of nitrogens with one attached hydrogen (secondary N) is 1. The number of nitrogens with zero attached hydrogens (tertiary/aromatic N) is 1. The van der Waals surface area contributed by atoms with Gasteiger partial charge < -0.3 is 19.7 Å². The molecule has 5 heteroatoms. The third-order valence-corrected chi connectivity index (χ3v) is 3.86. The van der Waals surface area contributed by atoms with Gasteiger partial charge in [-0.1, -0.05) is 30.3 Å². The van der Waals surface area contributed by atoms with Crippen molar-refractivity contribution in [1.29, 1.82) is 0 Å². The standard InChI is InChI=1S/C20H26N2O3/c1-3-22(17-10-5-4-6-11-17)15-9-14-21-20(23)16-25-19-13-8-7-12-18(19)24-2/h4-8,10-13H,3,9,14-16H2,1-2H3,(H,21,23). The molecule has 0 aromatic heterocycles. The summed E-state index contributed by atoms with van der Waals surface area (Å²) in [5.41, 5.74) is 1.20. The molecule has 0 spiro atoms. The van der Waals surface area contributed by atoms with Crippen LogP contribution in [0.1, 0.15) is 13.3 Å². The molecule has 0 unspecified atom stereocenters. The van der Waals surface area contributed by atoms with Crippen LogP contribution >= 0.6 is 0 Å². The van der Waals surface area contributed by atoms with Gasteiger partial charge in [0, 0.05) is 25.3 Å². The predicted octanol–water partition coefficient (Wildman–Crippen LogP) is 3.11. The van der Waals surface area contributed by atoms with E-state index in [1.54, 1.807) is 19.2 Å². The first kappa shape index (κ1) is 18.6. The van der Waals surface area contributed by atoms with Crippen molar-refractivity contribution in [3.05, 3.63) is 54.6 Å². The van der Waals surface area contributed by atoms with Gasteiger partial charge in [-0.05, 0) is 37.6 Å². The number of benzene rings is 2. The lowest BCUT2D eigenvalue weighted by Crippen LogP contribution is -2.32. The molecular formula is C20H26N2O3. The molecule has 2 aromatic carbocycles. The molecule has 2 rings (SSSR count). The zero-order valence-corrected chi connectivity index (χ0v) is 14.9. The quantitative estimate of drug-likeness (QED) is 0.674. The highest BCUT2D eigenvalue weighted by atomic mass is 16.5. The normalized spacial score (nSPS) is 10.2. The number of carbonyl (C=O) groups excluding carboxylic acids is 1. The molecule has 0 aliphatic heterocycles. The molecular weight excluding hydrogens is 316 g/mol. The highest BCUT2D eigenvalue weighted by Crippen LogP contribution is 2.25. The Kier molecular flexibility index (Phi) is 7.63. The van der Waals surface area contributed by atoms with Gasteiger partial charge in [0.2, 0.25) is 0 Å². The summed E-state index contributed by atoms with van der Waals surface area (Å²) in [5.74, 6) is 1.06. The van der Waals surface area contributed by atoms with Gasteiger partial charge in [0.25, 0.3) is 5.91 Å². The van der Waals surface area contributed by atoms with E-state index in [-0.39, 0.29) is 12.5 Å². The first-order valence-corrected chi connectivity index (χ1v) is 8.57. The van der Waals surface area contributed by atoms with Crippen molar-refractivity contribution in [2.75, 3.05) is 38.3 Å². The second-order valence-electron chi connectivity index (χ2n) is 5.56. The topological polar surface area (TPSA) is 50.8 Å². The van der Waals surface area contributed by atoms with Gasteiger partial charge in [-0.3, -0.25) is 4.79 Å². The second kappa shape index (κ2) is 10.2. The minimum absolute atomic E-state index is 0.0173. The number of methoxy groups -OCH3 is 1. The number of hydrogen-bond acceptors (Lipinski definition) is 4. The van der Waals surface area contributed by atoms with Crippen molar-refractivity contribution in [3.63, 3.8) is 0 Å². The van der Waals surface area contributed by atoms with Crippen LogP contribution in [0.2, 0.25) is 0 Å². The van der Waals surface area contributed by atoms with Crippen molar-refractivity contribution in [2.45, 2.75) is 13.3 Å². The number of hydrogen-bond donors (Lipinski definition) is 1. The lowest BCUT2D eigenvalue weighted by molar-refractivity contribution is -0.123. The molecule has 0 radical (unpaired) electrons. The van der Waals surface area contributed by atoms with Crippen LogP contribution in [0.4, 0.5) is 5.69 Å². The molecule has 0 saturated carbocycles. The minimum atomic E-state index is -0.131. The number of amides is 1. The van der Waals surface area contributed by atoms with E-state index in [0.717, 1.165) is 19.5 Å². The van der Waals surface area contributed by atoms with Crippen LogP contribution < -0.4 is 19.7 Å². The highest BCUT2D eigenvalue weighted by Gasteiger charge is 2.07. The van der Waals surface area contributed by atoms with Gasteiger partial charge in [-0.2, -0.15) is 0 Å². The zero-order valence-electron chi connectivity index (χ0n) is 14.9. The molecule has 0 aliphatic rings.